The van der Waals surface area contributed by atoms with Gasteiger partial charge in [0.2, 0.25) is 27.7 Å². The highest BCUT2D eigenvalue weighted by molar-refractivity contribution is 7.91. The topological polar surface area (TPSA) is 197 Å². The van der Waals surface area contributed by atoms with Gasteiger partial charge >= 0.3 is 12.3 Å². The molecular weight excluding hydrogens is 838 g/mol. The van der Waals surface area contributed by atoms with E-state index in [1.165, 1.54) is 21.0 Å². The van der Waals surface area contributed by atoms with E-state index in [0.717, 1.165) is 4.90 Å². The Bertz CT molecular complexity index is 2220. The number of sulfonamides is 1. The third-order valence-corrected chi connectivity index (χ3v) is 15.4. The van der Waals surface area contributed by atoms with E-state index in [4.69, 9.17) is 19.2 Å². The number of anilines is 1. The molecule has 4 fully saturated rings. The van der Waals surface area contributed by atoms with Gasteiger partial charge in [0.25, 0.3) is 5.91 Å². The highest BCUT2D eigenvalue weighted by Crippen LogP contribution is 2.48. The summed E-state index contributed by atoms with van der Waals surface area (Å²) in [4.78, 5) is 64.7. The Morgan fingerprint density at radius 1 is 1.13 bits per heavy atom. The van der Waals surface area contributed by atoms with Crippen LogP contribution in [0.15, 0.2) is 36.4 Å². The Kier molecular flexibility index (Phi) is 12.4. The molecule has 0 spiro atoms. The number of halogens is 3. The molecule has 2 saturated heterocycles. The van der Waals surface area contributed by atoms with Gasteiger partial charge < -0.3 is 34.4 Å². The lowest BCUT2D eigenvalue weighted by molar-refractivity contribution is -0.184. The number of carbonyl (C=O) groups is 4. The van der Waals surface area contributed by atoms with Crippen LogP contribution in [0.4, 0.5) is 23.8 Å². The van der Waals surface area contributed by atoms with E-state index in [2.05, 4.69) is 10.0 Å². The Hall–Kier alpha value is -4.85. The zero-order valence-electron chi connectivity index (χ0n) is 35.4. The number of carbonyl (C=O) groups excluding carboxylic acids is 3. The second-order valence-electron chi connectivity index (χ2n) is 17.8. The summed E-state index contributed by atoms with van der Waals surface area (Å²) in [5, 5.41) is 14.4. The van der Waals surface area contributed by atoms with E-state index >= 15 is 4.79 Å². The SMILES string of the molecule is COc1ccc2c(O[C@@H]3C[C@H]4C(=O)N[C@]5(C(=O)NS(=O)(=O)C6(C)CC6)C[C@H]5C=CCC[C@@H](C)C[C@@H](C)[C@H](N(C(=O)O)[C@H](C)C(F)(F)F)C(=O)N4C3)nc(N3CCOCC3)cc2c1. The molecule has 62 heavy (non-hydrogen) atoms. The second kappa shape index (κ2) is 17.0. The number of hydrogen-bond acceptors (Lipinski definition) is 11. The van der Waals surface area contributed by atoms with E-state index in [0.29, 0.717) is 81.3 Å². The summed E-state index contributed by atoms with van der Waals surface area (Å²) in [6.45, 7) is 7.22. The van der Waals surface area contributed by atoms with Crippen molar-refractivity contribution in [1.29, 1.82) is 0 Å². The summed E-state index contributed by atoms with van der Waals surface area (Å²) in [5.41, 5.74) is -1.72. The number of hydrogen-bond donors (Lipinski definition) is 3. The van der Waals surface area contributed by atoms with Crippen LogP contribution in [0.25, 0.3) is 10.8 Å². The van der Waals surface area contributed by atoms with Crippen LogP contribution < -0.4 is 24.4 Å². The average molecular weight is 893 g/mol. The summed E-state index contributed by atoms with van der Waals surface area (Å²) in [6.07, 6.45) is -2.79. The largest absolute Gasteiger partial charge is 0.497 e. The Labute approximate surface area is 358 Å². The number of benzene rings is 1. The molecule has 0 unspecified atom stereocenters. The van der Waals surface area contributed by atoms with E-state index in [-0.39, 0.29) is 42.5 Å². The number of alkyl halides is 3. The quantitative estimate of drug-likeness (QED) is 0.296. The number of nitrogens with zero attached hydrogens (tertiary/aromatic N) is 4. The fourth-order valence-corrected chi connectivity index (χ4v) is 10.3. The summed E-state index contributed by atoms with van der Waals surface area (Å²) < 4.78 is 88.5. The molecule has 5 aliphatic rings. The third-order valence-electron chi connectivity index (χ3n) is 13.2. The van der Waals surface area contributed by atoms with Crippen molar-refractivity contribution in [2.45, 2.75) is 113 Å². The van der Waals surface area contributed by atoms with Gasteiger partial charge in [-0.15, -0.1) is 0 Å². The number of nitrogens with one attached hydrogen (secondary N) is 2. The Morgan fingerprint density at radius 3 is 2.48 bits per heavy atom. The van der Waals surface area contributed by atoms with Crippen molar-refractivity contribution in [1.82, 2.24) is 24.8 Å². The van der Waals surface area contributed by atoms with Crippen molar-refractivity contribution in [3.63, 3.8) is 0 Å². The normalized spacial score (nSPS) is 29.6. The van der Waals surface area contributed by atoms with Crippen LogP contribution >= 0.6 is 0 Å². The molecule has 3 N–H and O–H groups in total. The molecule has 4 heterocycles. The number of aromatic nitrogens is 1. The van der Waals surface area contributed by atoms with Crippen LogP contribution in [0.5, 0.6) is 11.6 Å². The van der Waals surface area contributed by atoms with Gasteiger partial charge in [0, 0.05) is 30.8 Å². The van der Waals surface area contributed by atoms with Gasteiger partial charge in [-0.05, 0) is 93.9 Å². The van der Waals surface area contributed by atoms with Crippen molar-refractivity contribution in [2.75, 3.05) is 44.9 Å². The zero-order valence-corrected chi connectivity index (χ0v) is 36.3. The van der Waals surface area contributed by atoms with Crippen molar-refractivity contribution in [2.24, 2.45) is 17.8 Å². The molecule has 7 rings (SSSR count). The molecule has 1 aromatic carbocycles. The van der Waals surface area contributed by atoms with Gasteiger partial charge in [-0.1, -0.05) is 26.0 Å². The minimum absolute atomic E-state index is 0.0483. The minimum atomic E-state index is -5.04. The number of ether oxygens (including phenoxy) is 3. The number of fused-ring (bicyclic) bond motifs is 3. The second-order valence-corrected chi connectivity index (χ2v) is 20.0. The van der Waals surface area contributed by atoms with Gasteiger partial charge in [0.05, 0.1) is 31.6 Å². The first-order valence-corrected chi connectivity index (χ1v) is 22.6. The number of allylic oxidation sites excluding steroid dienone is 1. The first kappa shape index (κ1) is 45.2. The molecular formula is C42H55F3N6O10S. The smallest absolute Gasteiger partial charge is 0.408 e. The molecule has 20 heteroatoms. The molecule has 16 nitrogen and oxygen atoms in total. The van der Waals surface area contributed by atoms with E-state index in [9.17, 15) is 41.1 Å². The van der Waals surface area contributed by atoms with Crippen LogP contribution in [0, 0.1) is 17.8 Å². The van der Waals surface area contributed by atoms with Crippen molar-refractivity contribution >= 4 is 50.4 Å². The monoisotopic (exact) mass is 892 g/mol. The first-order valence-electron chi connectivity index (χ1n) is 21.1. The van der Waals surface area contributed by atoms with Crippen molar-refractivity contribution < 1.29 is 60.1 Å². The van der Waals surface area contributed by atoms with E-state index in [1.54, 1.807) is 24.3 Å². The maximum Gasteiger partial charge on any atom is 0.408 e. The lowest BCUT2D eigenvalue weighted by atomic mass is 9.86. The molecule has 0 radical (unpaired) electrons. The first-order chi connectivity index (χ1) is 29.2. The Balaban J connectivity index is 1.29. The summed E-state index contributed by atoms with van der Waals surface area (Å²) >= 11 is 0. The molecule has 2 aliphatic carbocycles. The van der Waals surface area contributed by atoms with Crippen LogP contribution in [-0.2, 0) is 29.1 Å². The maximum atomic E-state index is 15.1. The van der Waals surface area contributed by atoms with Crippen molar-refractivity contribution in [3.8, 4) is 11.6 Å². The fourth-order valence-electron chi connectivity index (χ4n) is 8.97. The lowest BCUT2D eigenvalue weighted by Crippen LogP contribution is -2.62. The van der Waals surface area contributed by atoms with Gasteiger partial charge in [-0.3, -0.25) is 24.0 Å². The van der Waals surface area contributed by atoms with Gasteiger partial charge in [-0.2, -0.15) is 18.2 Å². The summed E-state index contributed by atoms with van der Waals surface area (Å²) in [6, 6.07) is 1.17. The van der Waals surface area contributed by atoms with Crippen LogP contribution in [0.1, 0.15) is 72.6 Å². The number of amides is 4. The third kappa shape index (κ3) is 8.99. The molecule has 2 aromatic rings. The summed E-state index contributed by atoms with van der Waals surface area (Å²) in [7, 11) is -2.60. The van der Waals surface area contributed by atoms with E-state index in [1.807, 2.05) is 24.0 Å². The zero-order chi connectivity index (χ0) is 44.9. The number of pyridine rings is 1. The van der Waals surface area contributed by atoms with Gasteiger partial charge in [0.1, 0.15) is 41.3 Å². The lowest BCUT2D eigenvalue weighted by Gasteiger charge is -2.40. The van der Waals surface area contributed by atoms with Crippen LogP contribution in [0.3, 0.4) is 0 Å². The maximum absolute atomic E-state index is 15.1. The molecule has 8 atom stereocenters. The van der Waals surface area contributed by atoms with E-state index < -0.39 is 86.4 Å². The van der Waals surface area contributed by atoms with Crippen molar-refractivity contribution in [3.05, 3.63) is 36.4 Å². The highest BCUT2D eigenvalue weighted by atomic mass is 32.2. The number of carboxylic acid groups (broad SMARTS) is 1. The standard InChI is InChI=1S/C42H55F3N6O10S/c1-24-8-6-7-9-28-22-41(28,38(54)48-62(57,58)40(4)12-13-40)47-35(52)32-21-30(23-50(32)37(53)34(25(2)18-24)51(39(55)56)26(3)42(43,44)45)61-36-31-11-10-29(59-5)19-27(31)20-33(46-36)49-14-16-60-17-15-49/h7,9-11,19-20,24-26,28,30,32,34H,6,8,12-18,21-23H2,1-5H3,(H,47,52)(H,48,54)(H,55,56)/t24-,25-,26-,28-,30-,32+,34+,41-/m1/s1. The van der Waals surface area contributed by atoms with Crippen LogP contribution in [0.2, 0.25) is 0 Å². The predicted molar refractivity (Wildman–Crippen MR) is 220 cm³/mol. The minimum Gasteiger partial charge on any atom is -0.497 e. The molecule has 4 amide bonds. The van der Waals surface area contributed by atoms with Gasteiger partial charge in [0.15, 0.2) is 0 Å². The molecule has 340 valence electrons. The predicted octanol–water partition coefficient (Wildman–Crippen LogP) is 4.61. The average Bonchev–Trinajstić information content (AvgIpc) is 4.10. The number of morpholine rings is 1. The fraction of sp³-hybridized carbons (Fsp3) is 0.643. The highest BCUT2D eigenvalue weighted by Gasteiger charge is 2.63. The molecule has 1 aromatic heterocycles. The number of methoxy groups -OCH3 is 1. The molecule has 0 bridgehead atoms. The molecule has 2 saturated carbocycles. The Morgan fingerprint density at radius 2 is 1.84 bits per heavy atom. The summed E-state index contributed by atoms with van der Waals surface area (Å²) in [5.74, 6) is -3.33. The number of rotatable bonds is 9. The molecule has 3 aliphatic heterocycles. The van der Waals surface area contributed by atoms with Crippen LogP contribution in [-0.4, -0.2) is 133 Å². The van der Waals surface area contributed by atoms with Gasteiger partial charge in [-0.25, -0.2) is 13.2 Å².